The molecule has 0 bridgehead atoms. The molecule has 4 nitrogen and oxygen atoms in total. The molecule has 0 spiro atoms. The Bertz CT molecular complexity index is 518. The van der Waals surface area contributed by atoms with E-state index in [2.05, 4.69) is 46.4 Å². The van der Waals surface area contributed by atoms with E-state index in [9.17, 15) is 0 Å². The number of nitrogens with zero attached hydrogens (tertiary/aromatic N) is 2. The van der Waals surface area contributed by atoms with Crippen LogP contribution < -0.4 is 10.6 Å². The number of hydrogen-bond acceptors (Lipinski definition) is 2. The van der Waals surface area contributed by atoms with Crippen molar-refractivity contribution in [2.24, 2.45) is 4.99 Å². The Morgan fingerprint density at radius 3 is 2.55 bits per heavy atom. The summed E-state index contributed by atoms with van der Waals surface area (Å²) in [4.78, 5) is 6.54. The summed E-state index contributed by atoms with van der Waals surface area (Å²) in [6, 6.07) is 8.14. The van der Waals surface area contributed by atoms with E-state index in [1.165, 1.54) is 0 Å². The quantitative estimate of drug-likeness (QED) is 0.461. The molecule has 1 aromatic rings. The molecular formula is C17H25ClN4. The molecule has 0 fully saturated rings. The minimum absolute atomic E-state index is 0.174. The lowest BCUT2D eigenvalue weighted by molar-refractivity contribution is 0.219. The van der Waals surface area contributed by atoms with Crippen molar-refractivity contribution < 1.29 is 0 Å². The zero-order valence-electron chi connectivity index (χ0n) is 13.6. The molecular weight excluding hydrogens is 296 g/mol. The van der Waals surface area contributed by atoms with E-state index >= 15 is 0 Å². The van der Waals surface area contributed by atoms with Gasteiger partial charge in [0.05, 0.1) is 12.6 Å². The van der Waals surface area contributed by atoms with Crippen molar-refractivity contribution in [3.63, 3.8) is 0 Å². The second-order valence-corrected chi connectivity index (χ2v) is 5.18. The van der Waals surface area contributed by atoms with Crippen LogP contribution in [0.15, 0.2) is 29.3 Å². The predicted molar refractivity (Wildman–Crippen MR) is 95.3 cm³/mol. The van der Waals surface area contributed by atoms with Crippen LogP contribution in [0.4, 0.5) is 0 Å². The monoisotopic (exact) mass is 320 g/mol. The number of hydrogen-bond donors (Lipinski definition) is 2. The average Bonchev–Trinajstić information content (AvgIpc) is 2.55. The van der Waals surface area contributed by atoms with E-state index in [1.54, 1.807) is 7.05 Å². The second kappa shape index (κ2) is 10.1. The van der Waals surface area contributed by atoms with Crippen LogP contribution in [0.1, 0.15) is 25.5 Å². The van der Waals surface area contributed by atoms with Gasteiger partial charge in [-0.1, -0.05) is 49.6 Å². The average molecular weight is 321 g/mol. The normalized spacial score (nSPS) is 12.8. The van der Waals surface area contributed by atoms with Gasteiger partial charge >= 0.3 is 0 Å². The van der Waals surface area contributed by atoms with Crippen LogP contribution >= 0.6 is 11.6 Å². The lowest BCUT2D eigenvalue weighted by Crippen LogP contribution is -2.43. The maximum Gasteiger partial charge on any atom is 0.191 e. The SMILES string of the molecule is C#CCNC(=NC)NCC(c1ccccc1Cl)N(CC)CC. The molecule has 0 aliphatic rings. The largest absolute Gasteiger partial charge is 0.354 e. The van der Waals surface area contributed by atoms with Gasteiger partial charge in [-0.2, -0.15) is 0 Å². The standard InChI is InChI=1S/C17H25ClN4/c1-5-12-20-17(19-4)21-13-16(22(6-2)7-3)14-10-8-9-11-15(14)18/h1,8-11,16H,6-7,12-13H2,2-4H3,(H2,19,20,21). The molecule has 1 unspecified atom stereocenters. The fourth-order valence-corrected chi connectivity index (χ4v) is 2.66. The van der Waals surface area contributed by atoms with Gasteiger partial charge in [-0.3, -0.25) is 9.89 Å². The molecule has 0 saturated carbocycles. The van der Waals surface area contributed by atoms with Gasteiger partial charge in [-0.05, 0) is 24.7 Å². The molecule has 0 heterocycles. The number of benzene rings is 1. The molecule has 2 N–H and O–H groups in total. The van der Waals surface area contributed by atoms with Crippen molar-refractivity contribution >= 4 is 17.6 Å². The first kappa shape index (κ1) is 18.3. The maximum absolute atomic E-state index is 6.38. The van der Waals surface area contributed by atoms with Crippen LogP contribution in [0.2, 0.25) is 5.02 Å². The van der Waals surface area contributed by atoms with E-state index in [0.717, 1.165) is 23.7 Å². The summed E-state index contributed by atoms with van der Waals surface area (Å²) in [5, 5.41) is 7.17. The van der Waals surface area contributed by atoms with Crippen LogP contribution in [0, 0.1) is 12.3 Å². The van der Waals surface area contributed by atoms with Gasteiger partial charge in [0.25, 0.3) is 0 Å². The number of guanidine groups is 1. The summed E-state index contributed by atoms with van der Waals surface area (Å²) < 4.78 is 0. The third kappa shape index (κ3) is 5.25. The van der Waals surface area contributed by atoms with Gasteiger partial charge in [-0.15, -0.1) is 6.42 Å². The van der Waals surface area contributed by atoms with E-state index < -0.39 is 0 Å². The maximum atomic E-state index is 6.38. The Labute approximate surface area is 139 Å². The minimum Gasteiger partial charge on any atom is -0.354 e. The molecule has 0 aliphatic carbocycles. The van der Waals surface area contributed by atoms with Crippen molar-refractivity contribution in [3.05, 3.63) is 34.9 Å². The third-order valence-corrected chi connectivity index (χ3v) is 3.91. The van der Waals surface area contributed by atoms with Crippen LogP contribution in [-0.4, -0.2) is 44.1 Å². The predicted octanol–water partition coefficient (Wildman–Crippen LogP) is 2.52. The first-order chi connectivity index (χ1) is 10.7. The molecule has 1 aromatic carbocycles. The fraction of sp³-hybridized carbons (Fsp3) is 0.471. The van der Waals surface area contributed by atoms with Crippen molar-refractivity contribution in [3.8, 4) is 12.3 Å². The van der Waals surface area contributed by atoms with E-state index in [4.69, 9.17) is 18.0 Å². The summed E-state index contributed by atoms with van der Waals surface area (Å²) in [5.41, 5.74) is 1.12. The molecule has 0 radical (unpaired) electrons. The Morgan fingerprint density at radius 1 is 1.32 bits per heavy atom. The first-order valence-corrected chi connectivity index (χ1v) is 7.92. The topological polar surface area (TPSA) is 39.7 Å². The summed E-state index contributed by atoms with van der Waals surface area (Å²) >= 11 is 6.38. The Kier molecular flexibility index (Phi) is 8.42. The molecule has 0 aliphatic heterocycles. The highest BCUT2D eigenvalue weighted by molar-refractivity contribution is 6.31. The number of halogens is 1. The summed E-state index contributed by atoms with van der Waals surface area (Å²) in [5.74, 6) is 3.24. The number of nitrogens with one attached hydrogen (secondary N) is 2. The highest BCUT2D eigenvalue weighted by Gasteiger charge is 2.20. The van der Waals surface area contributed by atoms with Crippen LogP contribution in [0.25, 0.3) is 0 Å². The molecule has 5 heteroatoms. The van der Waals surface area contributed by atoms with Crippen molar-refractivity contribution in [2.45, 2.75) is 19.9 Å². The molecule has 0 aromatic heterocycles. The first-order valence-electron chi connectivity index (χ1n) is 7.54. The van der Waals surface area contributed by atoms with Crippen molar-refractivity contribution in [1.82, 2.24) is 15.5 Å². The summed E-state index contributed by atoms with van der Waals surface area (Å²) in [6.07, 6.45) is 5.27. The van der Waals surface area contributed by atoms with E-state index in [1.807, 2.05) is 18.2 Å². The van der Waals surface area contributed by atoms with Gasteiger partial charge < -0.3 is 10.6 Å². The van der Waals surface area contributed by atoms with E-state index in [0.29, 0.717) is 19.0 Å². The highest BCUT2D eigenvalue weighted by atomic mass is 35.5. The number of likely N-dealkylation sites (N-methyl/N-ethyl adjacent to an activating group) is 1. The van der Waals surface area contributed by atoms with Gasteiger partial charge in [0.15, 0.2) is 5.96 Å². The molecule has 1 atom stereocenters. The molecule has 22 heavy (non-hydrogen) atoms. The van der Waals surface area contributed by atoms with Crippen molar-refractivity contribution in [1.29, 1.82) is 0 Å². The third-order valence-electron chi connectivity index (χ3n) is 3.56. The lowest BCUT2D eigenvalue weighted by Gasteiger charge is -2.31. The fourth-order valence-electron chi connectivity index (χ4n) is 2.39. The minimum atomic E-state index is 0.174. The molecule has 0 saturated heterocycles. The Balaban J connectivity index is 2.88. The van der Waals surface area contributed by atoms with Gasteiger partial charge in [0, 0.05) is 18.6 Å². The van der Waals surface area contributed by atoms with Gasteiger partial charge in [0.2, 0.25) is 0 Å². The number of terminal acetylenes is 1. The van der Waals surface area contributed by atoms with Gasteiger partial charge in [0.1, 0.15) is 0 Å². The molecule has 1 rings (SSSR count). The Morgan fingerprint density at radius 2 is 2.00 bits per heavy atom. The smallest absolute Gasteiger partial charge is 0.191 e. The second-order valence-electron chi connectivity index (χ2n) is 4.77. The summed E-state index contributed by atoms with van der Waals surface area (Å²) in [6.45, 7) is 7.35. The zero-order chi connectivity index (χ0) is 16.4. The van der Waals surface area contributed by atoms with Crippen LogP contribution in [0.5, 0.6) is 0 Å². The highest BCUT2D eigenvalue weighted by Crippen LogP contribution is 2.26. The number of rotatable bonds is 7. The summed E-state index contributed by atoms with van der Waals surface area (Å²) in [7, 11) is 1.73. The zero-order valence-corrected chi connectivity index (χ0v) is 14.3. The lowest BCUT2D eigenvalue weighted by atomic mass is 10.0. The van der Waals surface area contributed by atoms with Crippen LogP contribution in [0.3, 0.4) is 0 Å². The van der Waals surface area contributed by atoms with Gasteiger partial charge in [-0.25, -0.2) is 0 Å². The Hall–Kier alpha value is -1.70. The number of aliphatic imine (C=N–C) groups is 1. The molecule has 0 amide bonds. The van der Waals surface area contributed by atoms with E-state index in [-0.39, 0.29) is 6.04 Å². The van der Waals surface area contributed by atoms with Crippen molar-refractivity contribution in [2.75, 3.05) is 33.2 Å². The van der Waals surface area contributed by atoms with Crippen LogP contribution in [-0.2, 0) is 0 Å². The molecule has 120 valence electrons.